The van der Waals surface area contributed by atoms with Gasteiger partial charge in [0.05, 0.1) is 0 Å². The van der Waals surface area contributed by atoms with Gasteiger partial charge in [-0.2, -0.15) is 0 Å². The zero-order valence-electron chi connectivity index (χ0n) is 14.5. The molecule has 0 saturated carbocycles. The molecule has 3 aromatic carbocycles. The molecule has 0 spiro atoms. The summed E-state index contributed by atoms with van der Waals surface area (Å²) in [7, 11) is -4.24. The minimum atomic E-state index is -4.24. The van der Waals surface area contributed by atoms with Crippen LogP contribution >= 0.6 is 7.82 Å². The third-order valence-corrected chi connectivity index (χ3v) is 4.75. The zero-order valence-corrected chi connectivity index (χ0v) is 15.4. The van der Waals surface area contributed by atoms with Gasteiger partial charge in [0.2, 0.25) is 0 Å². The molecule has 0 aliphatic carbocycles. The minimum Gasteiger partial charge on any atom is -0.395 e. The second-order valence-corrected chi connectivity index (χ2v) is 7.24. The van der Waals surface area contributed by atoms with Gasteiger partial charge in [-0.1, -0.05) is 67.9 Å². The van der Waals surface area contributed by atoms with Gasteiger partial charge in [0, 0.05) is 0 Å². The van der Waals surface area contributed by atoms with Crippen molar-refractivity contribution in [2.45, 2.75) is 19.8 Å². The van der Waals surface area contributed by atoms with Crippen LogP contribution in [0.4, 0.5) is 0 Å². The van der Waals surface area contributed by atoms with E-state index in [4.69, 9.17) is 9.05 Å². The Bertz CT molecular complexity index is 874. The molecule has 0 fully saturated rings. The summed E-state index contributed by atoms with van der Waals surface area (Å²) in [5.41, 5.74) is 3.41. The minimum absolute atomic E-state index is 0.276. The third-order valence-electron chi connectivity index (χ3n) is 3.87. The molecule has 3 rings (SSSR count). The first-order valence-electron chi connectivity index (χ1n) is 8.52. The summed E-state index contributed by atoms with van der Waals surface area (Å²) in [5.74, 6) is 0.556. The van der Waals surface area contributed by atoms with Crippen LogP contribution in [0.5, 0.6) is 11.5 Å². The summed E-state index contributed by atoms with van der Waals surface area (Å²) in [4.78, 5) is 9.90. The van der Waals surface area contributed by atoms with E-state index in [1.165, 1.54) is 5.56 Å². The van der Waals surface area contributed by atoms with Crippen molar-refractivity contribution >= 4 is 7.82 Å². The Balaban J connectivity index is 1.68. The molecule has 0 aliphatic heterocycles. The average molecular weight is 368 g/mol. The lowest BCUT2D eigenvalue weighted by molar-refractivity contribution is 0.291. The number of hydrogen-bond acceptors (Lipinski definition) is 3. The van der Waals surface area contributed by atoms with Crippen LogP contribution in [0, 0.1) is 0 Å². The van der Waals surface area contributed by atoms with E-state index in [-0.39, 0.29) is 11.5 Å². The summed E-state index contributed by atoms with van der Waals surface area (Å²) >= 11 is 0. The lowest BCUT2D eigenvalue weighted by atomic mass is 10.0. The van der Waals surface area contributed by atoms with Gasteiger partial charge in [0.25, 0.3) is 0 Å². The highest BCUT2D eigenvalue weighted by atomic mass is 31.2. The highest BCUT2D eigenvalue weighted by molar-refractivity contribution is 7.48. The summed E-state index contributed by atoms with van der Waals surface area (Å²) < 4.78 is 22.3. The largest absolute Gasteiger partial charge is 0.584 e. The molecule has 0 heterocycles. The Labute approximate surface area is 153 Å². The molecule has 3 aromatic rings. The van der Waals surface area contributed by atoms with Crippen molar-refractivity contribution in [3.05, 3.63) is 84.4 Å². The summed E-state index contributed by atoms with van der Waals surface area (Å²) in [5, 5.41) is 0. The molecule has 1 unspecified atom stereocenters. The van der Waals surface area contributed by atoms with Crippen molar-refractivity contribution in [1.29, 1.82) is 0 Å². The molecule has 0 amide bonds. The highest BCUT2D eigenvalue weighted by Gasteiger charge is 2.24. The van der Waals surface area contributed by atoms with Gasteiger partial charge < -0.3 is 9.05 Å². The van der Waals surface area contributed by atoms with Gasteiger partial charge in [-0.25, -0.2) is 4.57 Å². The van der Waals surface area contributed by atoms with E-state index in [9.17, 15) is 9.46 Å². The smallest absolute Gasteiger partial charge is 0.395 e. The van der Waals surface area contributed by atoms with Crippen LogP contribution in [-0.4, -0.2) is 4.89 Å². The topological polar surface area (TPSA) is 55.8 Å². The fourth-order valence-electron chi connectivity index (χ4n) is 2.63. The van der Waals surface area contributed by atoms with Crippen LogP contribution in [-0.2, 0) is 11.0 Å². The van der Waals surface area contributed by atoms with Crippen molar-refractivity contribution in [2.75, 3.05) is 0 Å². The second-order valence-electron chi connectivity index (χ2n) is 5.94. The number of phosphoric ester groups is 1. The molecule has 4 nitrogen and oxygen atoms in total. The van der Waals surface area contributed by atoms with Crippen LogP contribution in [0.2, 0.25) is 0 Å². The molecule has 1 atom stereocenters. The molecule has 26 heavy (non-hydrogen) atoms. The summed E-state index contributed by atoms with van der Waals surface area (Å²) in [6, 6.07) is 23.9. The lowest BCUT2D eigenvalue weighted by Crippen LogP contribution is -1.99. The fourth-order valence-corrected chi connectivity index (χ4v) is 3.44. The maximum Gasteiger partial charge on any atom is 0.584 e. The molecule has 134 valence electrons. The second kappa shape index (κ2) is 8.22. The Morgan fingerprint density at radius 1 is 0.769 bits per heavy atom. The SMILES string of the molecule is CCCc1ccc(-c2ccc(OP(=O)(O)Oc3ccccc3)cc2)cc1. The average Bonchev–Trinajstić information content (AvgIpc) is 2.63. The summed E-state index contributed by atoms with van der Waals surface area (Å²) in [6.45, 7) is 2.16. The molecule has 0 aromatic heterocycles. The first-order chi connectivity index (χ1) is 12.6. The van der Waals surface area contributed by atoms with E-state index in [0.29, 0.717) is 0 Å². The van der Waals surface area contributed by atoms with Crippen molar-refractivity contribution in [2.24, 2.45) is 0 Å². The van der Waals surface area contributed by atoms with Gasteiger partial charge in [-0.3, -0.25) is 4.89 Å². The van der Waals surface area contributed by atoms with Gasteiger partial charge in [-0.15, -0.1) is 0 Å². The molecular weight excluding hydrogens is 347 g/mol. The zero-order chi connectivity index (χ0) is 18.4. The van der Waals surface area contributed by atoms with Crippen LogP contribution in [0.25, 0.3) is 11.1 Å². The van der Waals surface area contributed by atoms with Crippen molar-refractivity contribution in [3.63, 3.8) is 0 Å². The molecule has 1 N–H and O–H groups in total. The maximum absolute atomic E-state index is 12.1. The number of hydrogen-bond donors (Lipinski definition) is 1. The van der Waals surface area contributed by atoms with Gasteiger partial charge in [-0.05, 0) is 47.4 Å². The monoisotopic (exact) mass is 368 g/mol. The number of phosphoric acid groups is 1. The Kier molecular flexibility index (Phi) is 5.77. The molecular formula is C21H21O4P. The fraction of sp³-hybridized carbons (Fsp3) is 0.143. The highest BCUT2D eigenvalue weighted by Crippen LogP contribution is 2.44. The third kappa shape index (κ3) is 4.98. The molecule has 0 aliphatic rings. The van der Waals surface area contributed by atoms with Crippen LogP contribution < -0.4 is 9.05 Å². The van der Waals surface area contributed by atoms with E-state index in [1.807, 2.05) is 12.1 Å². The Morgan fingerprint density at radius 2 is 1.27 bits per heavy atom. The van der Waals surface area contributed by atoms with E-state index in [2.05, 4.69) is 31.2 Å². The molecule has 0 bridgehead atoms. The molecule has 0 radical (unpaired) electrons. The first-order valence-corrected chi connectivity index (χ1v) is 10.0. The number of benzene rings is 3. The van der Waals surface area contributed by atoms with Crippen molar-refractivity contribution < 1.29 is 18.5 Å². The maximum atomic E-state index is 12.1. The summed E-state index contributed by atoms with van der Waals surface area (Å²) in [6.07, 6.45) is 2.19. The van der Waals surface area contributed by atoms with Crippen LogP contribution in [0.1, 0.15) is 18.9 Å². The Morgan fingerprint density at radius 3 is 1.81 bits per heavy atom. The predicted molar refractivity (Wildman–Crippen MR) is 103 cm³/mol. The van der Waals surface area contributed by atoms with E-state index in [1.54, 1.807) is 42.5 Å². The van der Waals surface area contributed by atoms with E-state index < -0.39 is 7.82 Å². The quantitative estimate of drug-likeness (QED) is 0.530. The van der Waals surface area contributed by atoms with Crippen LogP contribution in [0.15, 0.2) is 78.9 Å². The van der Waals surface area contributed by atoms with E-state index >= 15 is 0 Å². The standard InChI is InChI=1S/C21H21O4P/c1-2-6-17-9-11-18(12-10-17)19-13-15-21(16-14-19)25-26(22,23)24-20-7-4-3-5-8-20/h3-5,7-16H,2,6H2,1H3,(H,22,23). The van der Waals surface area contributed by atoms with Gasteiger partial charge >= 0.3 is 7.82 Å². The number of para-hydroxylation sites is 1. The first kappa shape index (κ1) is 18.2. The number of rotatable bonds is 7. The molecule has 0 saturated heterocycles. The van der Waals surface area contributed by atoms with Crippen LogP contribution in [0.3, 0.4) is 0 Å². The van der Waals surface area contributed by atoms with Crippen molar-refractivity contribution in [1.82, 2.24) is 0 Å². The van der Waals surface area contributed by atoms with Crippen molar-refractivity contribution in [3.8, 4) is 22.6 Å². The van der Waals surface area contributed by atoms with E-state index in [0.717, 1.165) is 24.0 Å². The Hall–Kier alpha value is -2.55. The predicted octanol–water partition coefficient (Wildman–Crippen LogP) is 5.86. The van der Waals surface area contributed by atoms with Gasteiger partial charge in [0.1, 0.15) is 11.5 Å². The molecule has 5 heteroatoms. The lowest BCUT2D eigenvalue weighted by Gasteiger charge is -2.14. The number of aryl methyl sites for hydroxylation is 1. The normalized spacial score (nSPS) is 13.0. The van der Waals surface area contributed by atoms with Gasteiger partial charge in [0.15, 0.2) is 0 Å².